The molecule has 6 fully saturated rings. The van der Waals surface area contributed by atoms with Crippen LogP contribution in [0.5, 0.6) is 0 Å². The van der Waals surface area contributed by atoms with E-state index in [1.54, 1.807) is 0 Å². The molecular formula is C69H126N2O12. The number of hydrogen-bond donors (Lipinski definition) is 0. The highest BCUT2D eigenvalue weighted by Gasteiger charge is 2.60. The Kier molecular flexibility index (Phi) is 26.8. The van der Waals surface area contributed by atoms with Gasteiger partial charge in [-0.3, -0.25) is 9.68 Å². The van der Waals surface area contributed by atoms with Crippen molar-refractivity contribution in [3.63, 3.8) is 0 Å². The van der Waals surface area contributed by atoms with Crippen LogP contribution in [-0.4, -0.2) is 121 Å². The Morgan fingerprint density at radius 3 is 1.07 bits per heavy atom. The van der Waals surface area contributed by atoms with Gasteiger partial charge in [0.2, 0.25) is 0 Å². The Balaban J connectivity index is 0.867. The Bertz CT molecular complexity index is 1850. The van der Waals surface area contributed by atoms with E-state index in [0.29, 0.717) is 63.9 Å². The normalized spacial score (nSPS) is 28.0. The number of ether oxygens (including phenoxy) is 8. The van der Waals surface area contributed by atoms with E-state index in [2.05, 4.69) is 107 Å². The number of unbranched alkanes of at least 4 members (excludes halogenated alkanes) is 16. The van der Waals surface area contributed by atoms with E-state index >= 15 is 0 Å². The number of carbonyl (C=O) groups excluding carboxylic acids is 2. The maximum Gasteiger partial charge on any atom is 0.508 e. The summed E-state index contributed by atoms with van der Waals surface area (Å²) >= 11 is 0. The van der Waals surface area contributed by atoms with E-state index in [-0.39, 0.29) is 53.0 Å². The highest BCUT2D eigenvalue weighted by atomic mass is 16.8. The molecule has 0 N–H and O–H groups in total. The molecule has 4 saturated heterocycles. The third-order valence-electron chi connectivity index (χ3n) is 21.0. The minimum absolute atomic E-state index is 0.138. The second-order valence-corrected chi connectivity index (χ2v) is 30.4. The van der Waals surface area contributed by atoms with Crippen LogP contribution in [-0.2, 0) is 47.6 Å². The van der Waals surface area contributed by atoms with Crippen LogP contribution in [0.2, 0.25) is 0 Å². The largest absolute Gasteiger partial charge is 0.508 e. The summed E-state index contributed by atoms with van der Waals surface area (Å²) in [5, 5.41) is 4.42. The summed E-state index contributed by atoms with van der Waals surface area (Å²) in [6.07, 6.45) is 33.1. The van der Waals surface area contributed by atoms with E-state index in [9.17, 15) is 9.59 Å². The standard InChI is InChI=1S/C69H126N2O12/c1-15-19-21-23-25-27-29-31-33-43-80-70-61(7,8)45-68(46-62(70,9)10)76-51-65(17-3,52-77-68)49-74-59(72)82-57-37-35-56(36-38-57)67(55(5)6)41-39-58(40-42-67)83-60(73)75-50-66(18-4)53-78-69(79-54-66)47-63(11,12)71(64(13,14)48-69)81-44-34-32-30-28-26-24-22-20-16-2/h55-58H,15-54H2,1-14H3. The highest BCUT2D eigenvalue weighted by molar-refractivity contribution is 5.60. The average molecular weight is 1180 g/mol. The fourth-order valence-electron chi connectivity index (χ4n) is 16.2. The zero-order valence-corrected chi connectivity index (χ0v) is 55.9. The minimum atomic E-state index is -0.728. The number of rotatable bonds is 32. The fourth-order valence-corrected chi connectivity index (χ4v) is 16.2. The van der Waals surface area contributed by atoms with Gasteiger partial charge in [0.05, 0.1) is 50.5 Å². The summed E-state index contributed by atoms with van der Waals surface area (Å²) in [7, 11) is 0. The molecule has 0 aromatic rings. The van der Waals surface area contributed by atoms with E-state index < -0.39 is 34.7 Å². The van der Waals surface area contributed by atoms with Gasteiger partial charge in [0.1, 0.15) is 25.4 Å². The van der Waals surface area contributed by atoms with Gasteiger partial charge < -0.3 is 37.9 Å². The summed E-state index contributed by atoms with van der Waals surface area (Å²) in [6.45, 7) is 35.0. The summed E-state index contributed by atoms with van der Waals surface area (Å²) in [6, 6.07) is 0. The van der Waals surface area contributed by atoms with Crippen molar-refractivity contribution in [2.24, 2.45) is 28.1 Å². The molecule has 2 spiro atoms. The van der Waals surface area contributed by atoms with Crippen LogP contribution in [0.1, 0.15) is 302 Å². The SMILES string of the molecule is CCCCCCCCCCCON1C(C)(C)CC2(CC1(C)C)OCC(CC)(COC(=O)OC1CCC(C3(C(C)C)CCC(OC(=O)OCC4(CC)COC5(CC(C)(C)N(OCCCCCCCCCCC)C(C)(C)C5)OC4)CC3)CC1)CO2. The zero-order valence-electron chi connectivity index (χ0n) is 55.9. The second kappa shape index (κ2) is 31.6. The molecule has 14 nitrogen and oxygen atoms in total. The lowest BCUT2D eigenvalue weighted by atomic mass is 9.56. The molecular weight excluding hydrogens is 1050 g/mol. The van der Waals surface area contributed by atoms with Gasteiger partial charge in [-0.1, -0.05) is 144 Å². The van der Waals surface area contributed by atoms with Crippen molar-refractivity contribution >= 4 is 12.3 Å². The number of carbonyl (C=O) groups is 2. The van der Waals surface area contributed by atoms with E-state index in [1.807, 2.05) is 0 Å². The first-order valence-corrected chi connectivity index (χ1v) is 34.5. The van der Waals surface area contributed by atoms with Crippen molar-refractivity contribution in [2.75, 3.05) is 52.9 Å². The molecule has 4 heterocycles. The molecule has 6 aliphatic rings. The van der Waals surface area contributed by atoms with Gasteiger partial charge in [-0.15, -0.1) is 0 Å². The number of hydrogen-bond acceptors (Lipinski definition) is 14. The first kappa shape index (κ1) is 70.3. The minimum Gasteiger partial charge on any atom is -0.434 e. The van der Waals surface area contributed by atoms with Crippen molar-refractivity contribution in [3.05, 3.63) is 0 Å². The topological polar surface area (TPSA) is 133 Å². The molecule has 2 saturated carbocycles. The third kappa shape index (κ3) is 19.6. The predicted octanol–water partition coefficient (Wildman–Crippen LogP) is 17.9. The molecule has 0 radical (unpaired) electrons. The Labute approximate surface area is 506 Å². The smallest absolute Gasteiger partial charge is 0.434 e. The molecule has 0 atom stereocenters. The maximum atomic E-state index is 13.4. The van der Waals surface area contributed by atoms with Crippen molar-refractivity contribution in [1.29, 1.82) is 0 Å². The van der Waals surface area contributed by atoms with Crippen LogP contribution in [0.25, 0.3) is 0 Å². The lowest BCUT2D eigenvalue weighted by Gasteiger charge is -2.59. The molecule has 2 aliphatic carbocycles. The molecule has 0 unspecified atom stereocenters. The molecule has 484 valence electrons. The Morgan fingerprint density at radius 1 is 0.446 bits per heavy atom. The van der Waals surface area contributed by atoms with E-state index in [1.165, 1.54) is 103 Å². The molecule has 4 aliphatic heterocycles. The van der Waals surface area contributed by atoms with Gasteiger partial charge in [-0.05, 0) is 150 Å². The van der Waals surface area contributed by atoms with Crippen LogP contribution >= 0.6 is 0 Å². The molecule has 0 aromatic heterocycles. The molecule has 6 rings (SSSR count). The zero-order chi connectivity index (χ0) is 60.5. The lowest BCUT2D eigenvalue weighted by Crippen LogP contribution is -2.68. The van der Waals surface area contributed by atoms with Crippen LogP contribution in [0.4, 0.5) is 9.59 Å². The van der Waals surface area contributed by atoms with Gasteiger partial charge in [-0.2, -0.15) is 10.1 Å². The Morgan fingerprint density at radius 2 is 0.759 bits per heavy atom. The highest BCUT2D eigenvalue weighted by Crippen LogP contribution is 2.55. The number of nitrogens with zero attached hydrogens (tertiary/aromatic N) is 2. The third-order valence-corrected chi connectivity index (χ3v) is 21.0. The lowest BCUT2D eigenvalue weighted by molar-refractivity contribution is -0.384. The van der Waals surface area contributed by atoms with Crippen LogP contribution in [0.15, 0.2) is 0 Å². The van der Waals surface area contributed by atoms with Crippen molar-refractivity contribution in [2.45, 2.75) is 348 Å². The maximum absolute atomic E-state index is 13.4. The summed E-state index contributed by atoms with van der Waals surface area (Å²) < 4.78 is 50.9. The van der Waals surface area contributed by atoms with Gasteiger partial charge in [-0.25, -0.2) is 9.59 Å². The molecule has 0 amide bonds. The van der Waals surface area contributed by atoms with E-state index in [4.69, 9.17) is 47.6 Å². The van der Waals surface area contributed by atoms with Crippen molar-refractivity contribution < 1.29 is 57.2 Å². The predicted molar refractivity (Wildman–Crippen MR) is 330 cm³/mol. The molecule has 0 bridgehead atoms. The molecule has 14 heteroatoms. The van der Waals surface area contributed by atoms with Gasteiger partial charge in [0, 0.05) is 47.8 Å². The van der Waals surface area contributed by atoms with E-state index in [0.717, 1.165) is 90.3 Å². The number of piperidine rings is 2. The molecule has 0 aromatic carbocycles. The summed E-state index contributed by atoms with van der Waals surface area (Å²) in [5.74, 6) is -0.478. The monoisotopic (exact) mass is 1170 g/mol. The summed E-state index contributed by atoms with van der Waals surface area (Å²) in [5.41, 5.74) is -1.94. The first-order valence-electron chi connectivity index (χ1n) is 34.5. The van der Waals surface area contributed by atoms with Crippen molar-refractivity contribution in [1.82, 2.24) is 10.1 Å². The summed E-state index contributed by atoms with van der Waals surface area (Å²) in [4.78, 5) is 39.8. The van der Waals surface area contributed by atoms with Crippen LogP contribution in [0.3, 0.4) is 0 Å². The van der Waals surface area contributed by atoms with Crippen LogP contribution < -0.4 is 0 Å². The number of hydroxylamine groups is 4. The second-order valence-electron chi connectivity index (χ2n) is 30.4. The average Bonchev–Trinajstić information content (AvgIpc) is 2.10. The van der Waals surface area contributed by atoms with Gasteiger partial charge in [0.25, 0.3) is 0 Å². The van der Waals surface area contributed by atoms with Gasteiger partial charge >= 0.3 is 12.3 Å². The van der Waals surface area contributed by atoms with Gasteiger partial charge in [0.15, 0.2) is 11.6 Å². The molecule has 83 heavy (non-hydrogen) atoms. The Hall–Kier alpha value is -1.78. The quantitative estimate of drug-likeness (QED) is 0.0467. The van der Waals surface area contributed by atoms with Crippen LogP contribution in [0, 0.1) is 28.1 Å². The first-order chi connectivity index (χ1) is 39.4. The van der Waals surface area contributed by atoms with Crippen molar-refractivity contribution in [3.8, 4) is 0 Å². The fraction of sp³-hybridized carbons (Fsp3) is 0.971.